The van der Waals surface area contributed by atoms with Crippen LogP contribution in [0.4, 0.5) is 10.1 Å². The molecule has 0 bridgehead atoms. The molecule has 0 radical (unpaired) electrons. The van der Waals surface area contributed by atoms with E-state index in [4.69, 9.17) is 0 Å². The number of carbonyl (C=O) groups is 1. The fourth-order valence-electron chi connectivity index (χ4n) is 4.46. The van der Waals surface area contributed by atoms with Crippen molar-refractivity contribution in [3.05, 3.63) is 65.0 Å². The summed E-state index contributed by atoms with van der Waals surface area (Å²) in [5.74, 6) is 0.490. The Kier molecular flexibility index (Phi) is 6.16. The molecule has 2 aromatic carbocycles. The average molecular weight is 408 g/mol. The lowest BCUT2D eigenvalue weighted by Crippen LogP contribution is -2.40. The van der Waals surface area contributed by atoms with Crippen molar-refractivity contribution in [1.82, 2.24) is 4.90 Å². The van der Waals surface area contributed by atoms with Crippen molar-refractivity contribution in [3.63, 3.8) is 0 Å². The Morgan fingerprint density at radius 1 is 1.17 bits per heavy atom. The molecule has 1 amide bonds. The number of amidine groups is 1. The molecule has 2 aliphatic rings. The molecule has 158 valence electrons. The maximum absolute atomic E-state index is 14.2. The second kappa shape index (κ2) is 8.99. The molecule has 1 aliphatic heterocycles. The number of hydrogen-bond donors (Lipinski definition) is 0. The van der Waals surface area contributed by atoms with Gasteiger partial charge in [-0.25, -0.2) is 4.39 Å². The van der Waals surface area contributed by atoms with Gasteiger partial charge in [-0.2, -0.15) is 0 Å². The molecule has 0 saturated heterocycles. The number of amides is 1. The molecule has 0 aromatic heterocycles. The summed E-state index contributed by atoms with van der Waals surface area (Å²) in [7, 11) is 2.02. The van der Waals surface area contributed by atoms with E-state index >= 15 is 0 Å². The normalized spacial score (nSPS) is 16.8. The van der Waals surface area contributed by atoms with E-state index in [2.05, 4.69) is 28.1 Å². The molecule has 1 atom stereocenters. The molecule has 5 heteroatoms. The fourth-order valence-corrected chi connectivity index (χ4v) is 4.46. The third kappa shape index (κ3) is 4.40. The Bertz CT molecular complexity index is 955. The topological polar surface area (TPSA) is 35.9 Å². The molecule has 2 aromatic rings. The molecule has 1 aliphatic carbocycles. The molecule has 0 fully saturated rings. The van der Waals surface area contributed by atoms with Crippen molar-refractivity contribution in [2.45, 2.75) is 44.9 Å². The number of hydrogen-bond acceptors (Lipinski definition) is 3. The van der Waals surface area contributed by atoms with E-state index < -0.39 is 0 Å². The van der Waals surface area contributed by atoms with Crippen LogP contribution in [-0.2, 0) is 17.6 Å². The minimum absolute atomic E-state index is 0.00418. The lowest BCUT2D eigenvalue weighted by molar-refractivity contribution is -0.118. The second-order valence-corrected chi connectivity index (χ2v) is 8.49. The van der Waals surface area contributed by atoms with E-state index in [0.29, 0.717) is 12.1 Å². The first-order chi connectivity index (χ1) is 14.5. The summed E-state index contributed by atoms with van der Waals surface area (Å²) >= 11 is 0. The van der Waals surface area contributed by atoms with Crippen molar-refractivity contribution in [2.75, 3.05) is 31.6 Å². The maximum atomic E-state index is 14.2. The number of aryl methyl sites for hydroxylation is 2. The van der Waals surface area contributed by atoms with Crippen LogP contribution in [0.1, 0.15) is 48.8 Å². The van der Waals surface area contributed by atoms with Gasteiger partial charge in [0.2, 0.25) is 5.91 Å². The van der Waals surface area contributed by atoms with E-state index in [9.17, 15) is 9.18 Å². The zero-order valence-electron chi connectivity index (χ0n) is 17.9. The second-order valence-electron chi connectivity index (χ2n) is 8.49. The van der Waals surface area contributed by atoms with Gasteiger partial charge in [0.05, 0.1) is 13.1 Å². The number of anilines is 1. The van der Waals surface area contributed by atoms with Gasteiger partial charge in [0.25, 0.3) is 0 Å². The third-order valence-electron chi connectivity index (χ3n) is 6.33. The molecular weight excluding hydrogens is 377 g/mol. The van der Waals surface area contributed by atoms with E-state index in [1.807, 2.05) is 24.9 Å². The molecule has 4 nitrogen and oxygen atoms in total. The molecular formula is C25H30FN3O. The molecule has 1 unspecified atom stereocenters. The van der Waals surface area contributed by atoms with Gasteiger partial charge in [0.1, 0.15) is 11.7 Å². The van der Waals surface area contributed by atoms with Gasteiger partial charge in [0.15, 0.2) is 0 Å². The fraction of sp³-hybridized carbons (Fsp3) is 0.440. The standard InChI is InChI=1S/C25H30FN3O/c1-18(22-9-5-6-10-23(22)26)15-25(30)29(17-24-27-13-14-28(24)2)21-12-11-19-7-3-4-8-20(19)16-21/h5-6,9-12,16,18H,3-4,7-8,13-15,17H2,1-2H3. The summed E-state index contributed by atoms with van der Waals surface area (Å²) in [4.78, 5) is 22.0. The van der Waals surface area contributed by atoms with Crippen LogP contribution < -0.4 is 4.90 Å². The summed E-state index contributed by atoms with van der Waals surface area (Å²) in [5.41, 5.74) is 4.25. The SMILES string of the molecule is CC(CC(=O)N(CC1=NCCN1C)c1ccc2c(c1)CCCC2)c1ccccc1F. The molecule has 1 heterocycles. The first-order valence-electron chi connectivity index (χ1n) is 10.9. The van der Waals surface area contributed by atoms with Gasteiger partial charge in [-0.3, -0.25) is 9.79 Å². The lowest BCUT2D eigenvalue weighted by atomic mass is 9.91. The zero-order chi connectivity index (χ0) is 21.1. The number of likely N-dealkylation sites (N-methyl/N-ethyl adjacent to an activating group) is 1. The minimum Gasteiger partial charge on any atom is -0.360 e. The number of carbonyl (C=O) groups excluding carboxylic acids is 1. The highest BCUT2D eigenvalue weighted by molar-refractivity contribution is 6.00. The van der Waals surface area contributed by atoms with E-state index in [1.54, 1.807) is 12.1 Å². The first kappa shape index (κ1) is 20.6. The molecule has 30 heavy (non-hydrogen) atoms. The van der Waals surface area contributed by atoms with Crippen LogP contribution in [0.2, 0.25) is 0 Å². The Morgan fingerprint density at radius 2 is 1.93 bits per heavy atom. The highest BCUT2D eigenvalue weighted by Crippen LogP contribution is 2.29. The van der Waals surface area contributed by atoms with Crippen LogP contribution in [0.3, 0.4) is 0 Å². The maximum Gasteiger partial charge on any atom is 0.228 e. The highest BCUT2D eigenvalue weighted by Gasteiger charge is 2.25. The predicted octanol–water partition coefficient (Wildman–Crippen LogP) is 4.58. The smallest absolute Gasteiger partial charge is 0.228 e. The van der Waals surface area contributed by atoms with Crippen molar-refractivity contribution in [2.24, 2.45) is 4.99 Å². The van der Waals surface area contributed by atoms with E-state index in [-0.39, 0.29) is 24.1 Å². The van der Waals surface area contributed by atoms with E-state index in [0.717, 1.165) is 37.5 Å². The van der Waals surface area contributed by atoms with Crippen LogP contribution in [0.15, 0.2) is 47.5 Å². The molecule has 0 N–H and O–H groups in total. The third-order valence-corrected chi connectivity index (χ3v) is 6.33. The Labute approximate surface area is 178 Å². The summed E-state index contributed by atoms with van der Waals surface area (Å²) in [5, 5.41) is 0. The van der Waals surface area contributed by atoms with Crippen molar-refractivity contribution < 1.29 is 9.18 Å². The van der Waals surface area contributed by atoms with Gasteiger partial charge >= 0.3 is 0 Å². The molecule has 0 saturated carbocycles. The van der Waals surface area contributed by atoms with E-state index in [1.165, 1.54) is 30.0 Å². The van der Waals surface area contributed by atoms with Crippen molar-refractivity contribution in [1.29, 1.82) is 0 Å². The molecule has 4 rings (SSSR count). The Morgan fingerprint density at radius 3 is 2.67 bits per heavy atom. The monoisotopic (exact) mass is 407 g/mol. The van der Waals surface area contributed by atoms with Gasteiger partial charge in [-0.1, -0.05) is 31.2 Å². The van der Waals surface area contributed by atoms with Crippen LogP contribution in [0.25, 0.3) is 0 Å². The van der Waals surface area contributed by atoms with Crippen LogP contribution in [0, 0.1) is 5.82 Å². The van der Waals surface area contributed by atoms with Crippen molar-refractivity contribution in [3.8, 4) is 0 Å². The van der Waals surface area contributed by atoms with Gasteiger partial charge in [0, 0.05) is 25.7 Å². The quantitative estimate of drug-likeness (QED) is 0.703. The summed E-state index contributed by atoms with van der Waals surface area (Å²) in [6.07, 6.45) is 4.87. The molecule has 0 spiro atoms. The number of aliphatic imine (C=N–C) groups is 1. The minimum atomic E-state index is -0.252. The first-order valence-corrected chi connectivity index (χ1v) is 10.9. The largest absolute Gasteiger partial charge is 0.360 e. The van der Waals surface area contributed by atoms with Crippen molar-refractivity contribution >= 4 is 17.4 Å². The summed E-state index contributed by atoms with van der Waals surface area (Å²) < 4.78 is 14.2. The number of fused-ring (bicyclic) bond motifs is 1. The van der Waals surface area contributed by atoms with Crippen LogP contribution in [-0.4, -0.2) is 43.3 Å². The highest BCUT2D eigenvalue weighted by atomic mass is 19.1. The van der Waals surface area contributed by atoms with Gasteiger partial charge in [-0.05, 0) is 66.5 Å². The average Bonchev–Trinajstić information content (AvgIpc) is 3.16. The predicted molar refractivity (Wildman–Crippen MR) is 120 cm³/mol. The number of nitrogens with zero attached hydrogens (tertiary/aromatic N) is 3. The summed E-state index contributed by atoms with van der Waals surface area (Å²) in [6, 6.07) is 13.1. The number of halogens is 1. The van der Waals surface area contributed by atoms with Crippen LogP contribution in [0.5, 0.6) is 0 Å². The number of rotatable bonds is 6. The Balaban J connectivity index is 1.60. The van der Waals surface area contributed by atoms with Crippen LogP contribution >= 0.6 is 0 Å². The van der Waals surface area contributed by atoms with Gasteiger partial charge in [-0.15, -0.1) is 0 Å². The lowest BCUT2D eigenvalue weighted by Gasteiger charge is -2.28. The van der Waals surface area contributed by atoms with Gasteiger partial charge < -0.3 is 9.80 Å². The Hall–Kier alpha value is -2.69. The summed E-state index contributed by atoms with van der Waals surface area (Å²) in [6.45, 7) is 4.02. The number of benzene rings is 2. The zero-order valence-corrected chi connectivity index (χ0v) is 17.9.